The third-order valence-corrected chi connectivity index (χ3v) is 9.09. The van der Waals surface area contributed by atoms with Crippen molar-refractivity contribution < 1.29 is 19.1 Å². The maximum atomic E-state index is 12.5. The minimum Gasteiger partial charge on any atom is -0.461 e. The Morgan fingerprint density at radius 2 is 0.811 bits per heavy atom. The number of ether oxygens (including phenoxy) is 2. The lowest BCUT2D eigenvalue weighted by Gasteiger charge is -2.26. The summed E-state index contributed by atoms with van der Waals surface area (Å²) in [6.07, 6.45) is 5.33. The van der Waals surface area contributed by atoms with E-state index in [2.05, 4.69) is 103 Å². The average molecular weight is 698 g/mol. The van der Waals surface area contributed by atoms with Crippen LogP contribution >= 0.6 is 0 Å². The first-order valence-electron chi connectivity index (χ1n) is 17.8. The van der Waals surface area contributed by atoms with Crippen molar-refractivity contribution in [2.75, 3.05) is 4.90 Å². The molecule has 5 nitrogen and oxygen atoms in total. The van der Waals surface area contributed by atoms with E-state index in [-0.39, 0.29) is 25.2 Å². The molecule has 0 N–H and O–H groups in total. The molecule has 53 heavy (non-hydrogen) atoms. The molecule has 0 bridgehead atoms. The van der Waals surface area contributed by atoms with E-state index in [4.69, 9.17) is 9.47 Å². The summed E-state index contributed by atoms with van der Waals surface area (Å²) in [6, 6.07) is 51.1. The molecule has 0 atom stereocenters. The van der Waals surface area contributed by atoms with Crippen molar-refractivity contribution in [3.05, 3.63) is 198 Å². The molecule has 0 saturated carbocycles. The Morgan fingerprint density at radius 1 is 0.453 bits per heavy atom. The molecular weight excluding hydrogens is 655 g/mol. The normalized spacial score (nSPS) is 10.6. The van der Waals surface area contributed by atoms with Gasteiger partial charge in [0.15, 0.2) is 0 Å². The fourth-order valence-corrected chi connectivity index (χ4v) is 5.97. The molecular formula is C48H43NO4. The fourth-order valence-electron chi connectivity index (χ4n) is 5.97. The molecule has 0 fully saturated rings. The number of nitrogens with zero attached hydrogens (tertiary/aromatic N) is 1. The highest BCUT2D eigenvalue weighted by Gasteiger charge is 2.14. The predicted molar refractivity (Wildman–Crippen MR) is 216 cm³/mol. The molecule has 0 saturated heterocycles. The average Bonchev–Trinajstić information content (AvgIpc) is 3.22. The number of anilines is 3. The summed E-state index contributed by atoms with van der Waals surface area (Å²) in [5.41, 5.74) is 11.3. The molecule has 0 heterocycles. The second-order valence-electron chi connectivity index (χ2n) is 12.8. The first kappa shape index (κ1) is 36.3. The minimum absolute atomic E-state index is 0.228. The van der Waals surface area contributed by atoms with Gasteiger partial charge in [0.1, 0.15) is 13.2 Å². The van der Waals surface area contributed by atoms with Crippen LogP contribution in [0.15, 0.2) is 165 Å². The topological polar surface area (TPSA) is 55.8 Å². The molecule has 0 aliphatic rings. The van der Waals surface area contributed by atoms with Crippen LogP contribution in [-0.4, -0.2) is 11.9 Å². The Bertz CT molecular complexity index is 1990. The smallest absolute Gasteiger partial charge is 0.306 e. The van der Waals surface area contributed by atoms with Crippen molar-refractivity contribution in [2.45, 2.75) is 38.9 Å². The number of benzene rings is 6. The van der Waals surface area contributed by atoms with Crippen molar-refractivity contribution in [2.24, 2.45) is 0 Å². The van der Waals surface area contributed by atoms with E-state index in [1.807, 2.05) is 66.7 Å². The van der Waals surface area contributed by atoms with Crippen molar-refractivity contribution in [1.29, 1.82) is 0 Å². The minimum atomic E-state index is -0.228. The quantitative estimate of drug-likeness (QED) is 0.0942. The van der Waals surface area contributed by atoms with Gasteiger partial charge >= 0.3 is 11.9 Å². The lowest BCUT2D eigenvalue weighted by Crippen LogP contribution is -2.10. The van der Waals surface area contributed by atoms with Crippen molar-refractivity contribution in [1.82, 2.24) is 0 Å². The number of hydrogen-bond donors (Lipinski definition) is 0. The summed E-state index contributed by atoms with van der Waals surface area (Å²) in [4.78, 5) is 27.3. The zero-order valence-electron chi connectivity index (χ0n) is 29.8. The number of esters is 2. The van der Waals surface area contributed by atoms with Gasteiger partial charge in [0.25, 0.3) is 0 Å². The summed E-state index contributed by atoms with van der Waals surface area (Å²) >= 11 is 0. The largest absolute Gasteiger partial charge is 0.461 e. The second-order valence-corrected chi connectivity index (χ2v) is 12.8. The van der Waals surface area contributed by atoms with Gasteiger partial charge in [-0.15, -0.1) is 0 Å². The van der Waals surface area contributed by atoms with Crippen LogP contribution in [0.1, 0.15) is 46.2 Å². The van der Waals surface area contributed by atoms with Gasteiger partial charge in [-0.25, -0.2) is 0 Å². The molecule has 0 amide bonds. The second kappa shape index (κ2) is 18.2. The summed E-state index contributed by atoms with van der Waals surface area (Å²) in [5, 5.41) is 0. The van der Waals surface area contributed by atoms with Crippen LogP contribution in [0.5, 0.6) is 0 Å². The van der Waals surface area contributed by atoms with Crippen molar-refractivity contribution in [3.63, 3.8) is 0 Å². The summed E-state index contributed by atoms with van der Waals surface area (Å²) in [7, 11) is 0. The van der Waals surface area contributed by atoms with E-state index in [1.54, 1.807) is 12.2 Å². The molecule has 0 spiro atoms. The Hall–Kier alpha value is -6.46. The third kappa shape index (κ3) is 10.3. The Kier molecular flexibility index (Phi) is 12.4. The van der Waals surface area contributed by atoms with E-state index in [0.29, 0.717) is 25.7 Å². The van der Waals surface area contributed by atoms with Crippen molar-refractivity contribution in [3.8, 4) is 11.1 Å². The summed E-state index contributed by atoms with van der Waals surface area (Å²) < 4.78 is 11.0. The maximum Gasteiger partial charge on any atom is 0.306 e. The standard InChI is InChI=1S/C48H43NO4/c1-3-36-10-14-40(15-11-36)34-52-47(50)32-22-38-18-26-44(27-19-38)49(46-30-24-43(25-31-46)42-8-6-5-7-9-42)45-28-20-39(21-29-45)23-33-48(51)53-35-41-16-12-37(4-2)13-17-41/h3-21,24-31H,1-2,22-23,32-35H2. The zero-order chi connectivity index (χ0) is 36.8. The molecule has 264 valence electrons. The van der Waals surface area contributed by atoms with Crippen LogP contribution in [0.3, 0.4) is 0 Å². The monoisotopic (exact) mass is 697 g/mol. The summed E-state index contributed by atoms with van der Waals surface area (Å²) in [5.74, 6) is -0.456. The van der Waals surface area contributed by atoms with E-state index in [9.17, 15) is 9.59 Å². The Balaban J connectivity index is 1.11. The van der Waals surface area contributed by atoms with Gasteiger partial charge in [-0.2, -0.15) is 0 Å². The zero-order valence-corrected chi connectivity index (χ0v) is 29.8. The molecule has 0 unspecified atom stereocenters. The molecule has 0 aliphatic carbocycles. The third-order valence-electron chi connectivity index (χ3n) is 9.09. The molecule has 6 rings (SSSR count). The van der Waals surface area contributed by atoms with Crippen LogP contribution in [0, 0.1) is 0 Å². The molecule has 6 aromatic carbocycles. The molecule has 6 aromatic rings. The van der Waals surface area contributed by atoms with Crippen LogP contribution < -0.4 is 4.90 Å². The van der Waals surface area contributed by atoms with Crippen LogP contribution in [0.25, 0.3) is 23.3 Å². The molecule has 5 heteroatoms. The first-order chi connectivity index (χ1) is 26.0. The lowest BCUT2D eigenvalue weighted by molar-refractivity contribution is -0.145. The fraction of sp³-hybridized carbons (Fsp3) is 0.125. The van der Waals surface area contributed by atoms with Gasteiger partial charge in [-0.3, -0.25) is 9.59 Å². The van der Waals surface area contributed by atoms with Gasteiger partial charge in [-0.05, 0) is 93.7 Å². The predicted octanol–water partition coefficient (Wildman–Crippen LogP) is 11.5. The van der Waals surface area contributed by atoms with Gasteiger partial charge in [-0.1, -0.05) is 141 Å². The molecule has 0 aromatic heterocycles. The van der Waals surface area contributed by atoms with Crippen molar-refractivity contribution >= 4 is 41.2 Å². The Labute approximate surface area is 312 Å². The maximum absolute atomic E-state index is 12.5. The van der Waals surface area contributed by atoms with E-state index < -0.39 is 0 Å². The highest BCUT2D eigenvalue weighted by atomic mass is 16.5. The Morgan fingerprint density at radius 3 is 1.21 bits per heavy atom. The number of rotatable bonds is 16. The number of hydrogen-bond acceptors (Lipinski definition) is 5. The summed E-state index contributed by atoms with van der Waals surface area (Å²) in [6.45, 7) is 8.05. The molecule has 0 aliphatic heterocycles. The number of carbonyl (C=O) groups is 2. The lowest BCUT2D eigenvalue weighted by atomic mass is 10.0. The van der Waals surface area contributed by atoms with Gasteiger partial charge in [0.2, 0.25) is 0 Å². The van der Waals surface area contributed by atoms with Crippen LogP contribution in [0.4, 0.5) is 17.1 Å². The van der Waals surface area contributed by atoms with E-state index in [0.717, 1.165) is 61.6 Å². The molecule has 0 radical (unpaired) electrons. The first-order valence-corrected chi connectivity index (χ1v) is 17.8. The van der Waals surface area contributed by atoms with Crippen LogP contribution in [-0.2, 0) is 45.1 Å². The highest BCUT2D eigenvalue weighted by molar-refractivity contribution is 5.79. The van der Waals surface area contributed by atoms with E-state index >= 15 is 0 Å². The van der Waals surface area contributed by atoms with Gasteiger partial charge in [0.05, 0.1) is 0 Å². The van der Waals surface area contributed by atoms with Crippen LogP contribution in [0.2, 0.25) is 0 Å². The number of carbonyl (C=O) groups excluding carboxylic acids is 2. The van der Waals surface area contributed by atoms with E-state index in [1.165, 1.54) is 0 Å². The van der Waals surface area contributed by atoms with Gasteiger partial charge < -0.3 is 14.4 Å². The SMILES string of the molecule is C=Cc1ccc(COC(=O)CCc2ccc(N(c3ccc(CCC(=O)OCc4ccc(C=C)cc4)cc3)c3ccc(-c4ccccc4)cc3)cc2)cc1. The van der Waals surface area contributed by atoms with Gasteiger partial charge in [0, 0.05) is 29.9 Å². The number of aryl methyl sites for hydroxylation is 2. The highest BCUT2D eigenvalue weighted by Crippen LogP contribution is 2.36.